The number of pyridine rings is 1. The van der Waals surface area contributed by atoms with Gasteiger partial charge in [-0.1, -0.05) is 58.0 Å². The minimum Gasteiger partial charge on any atom is -0.228 e. The first-order chi connectivity index (χ1) is 8.43. The molecule has 1 aromatic heterocycles. The lowest BCUT2D eigenvalue weighted by Gasteiger charge is -2.12. The molecule has 2 rings (SSSR count). The van der Waals surface area contributed by atoms with E-state index in [-0.39, 0.29) is 25.1 Å². The molecule has 0 fully saturated rings. The van der Waals surface area contributed by atoms with E-state index in [1.807, 2.05) is 0 Å². The van der Waals surface area contributed by atoms with Crippen LogP contribution < -0.4 is 0 Å². The van der Waals surface area contributed by atoms with E-state index in [1.54, 1.807) is 0 Å². The molecular formula is C11H3Cl5FN. The number of aromatic nitrogens is 1. The zero-order valence-electron chi connectivity index (χ0n) is 8.45. The minimum atomic E-state index is -0.665. The first-order valence-corrected chi connectivity index (χ1v) is 6.45. The van der Waals surface area contributed by atoms with Gasteiger partial charge in [-0.2, -0.15) is 4.39 Å². The summed E-state index contributed by atoms with van der Waals surface area (Å²) in [6, 6.07) is 2.71. The molecule has 18 heavy (non-hydrogen) atoms. The third-order valence-electron chi connectivity index (χ3n) is 2.23. The van der Waals surface area contributed by atoms with Gasteiger partial charge in [0.15, 0.2) is 0 Å². The fourth-order valence-corrected chi connectivity index (χ4v) is 2.77. The van der Waals surface area contributed by atoms with Crippen LogP contribution >= 0.6 is 58.0 Å². The van der Waals surface area contributed by atoms with Crippen molar-refractivity contribution >= 4 is 58.0 Å². The molecule has 0 bridgehead atoms. The van der Waals surface area contributed by atoms with Gasteiger partial charge in [0.1, 0.15) is 0 Å². The highest BCUT2D eigenvalue weighted by Crippen LogP contribution is 2.48. The van der Waals surface area contributed by atoms with Gasteiger partial charge in [-0.05, 0) is 11.6 Å². The zero-order valence-corrected chi connectivity index (χ0v) is 12.2. The van der Waals surface area contributed by atoms with Crippen LogP contribution in [0.3, 0.4) is 0 Å². The SMILES string of the molecule is Fc1cc(-c2c(Cl)c(Cl)c(Cl)c(Cl)c2Cl)ccn1. The smallest absolute Gasteiger partial charge is 0.213 e. The fourth-order valence-electron chi connectivity index (χ4n) is 1.42. The van der Waals surface area contributed by atoms with Gasteiger partial charge in [0, 0.05) is 17.8 Å². The van der Waals surface area contributed by atoms with E-state index < -0.39 is 5.95 Å². The van der Waals surface area contributed by atoms with Crippen molar-refractivity contribution < 1.29 is 4.39 Å². The highest BCUT2D eigenvalue weighted by atomic mass is 35.5. The summed E-state index contributed by atoms with van der Waals surface area (Å²) >= 11 is 29.8. The van der Waals surface area contributed by atoms with Crippen molar-refractivity contribution in [2.75, 3.05) is 0 Å². The summed E-state index contributed by atoms with van der Waals surface area (Å²) in [6.07, 6.45) is 1.29. The van der Waals surface area contributed by atoms with Crippen LogP contribution in [0, 0.1) is 5.95 Å². The molecule has 0 aliphatic rings. The second-order valence-electron chi connectivity index (χ2n) is 3.31. The molecule has 0 aliphatic heterocycles. The molecule has 0 N–H and O–H groups in total. The molecule has 0 spiro atoms. The maximum Gasteiger partial charge on any atom is 0.213 e. The molecule has 0 amide bonds. The Morgan fingerprint density at radius 3 is 1.83 bits per heavy atom. The molecule has 0 saturated heterocycles. The van der Waals surface area contributed by atoms with E-state index in [9.17, 15) is 4.39 Å². The average molecular weight is 345 g/mol. The monoisotopic (exact) mass is 343 g/mol. The lowest BCUT2D eigenvalue weighted by molar-refractivity contribution is 0.584. The Labute approximate surface area is 127 Å². The second-order valence-corrected chi connectivity index (χ2v) is 5.20. The maximum atomic E-state index is 13.1. The number of benzene rings is 1. The summed E-state index contributed by atoms with van der Waals surface area (Å²) in [5.41, 5.74) is 0.733. The van der Waals surface area contributed by atoms with Crippen LogP contribution in [0.4, 0.5) is 4.39 Å². The summed E-state index contributed by atoms with van der Waals surface area (Å²) < 4.78 is 13.1. The second kappa shape index (κ2) is 5.40. The van der Waals surface area contributed by atoms with Crippen LogP contribution in [-0.2, 0) is 0 Å². The van der Waals surface area contributed by atoms with Crippen LogP contribution in [0.15, 0.2) is 18.3 Å². The van der Waals surface area contributed by atoms with Crippen molar-refractivity contribution in [3.63, 3.8) is 0 Å². The van der Waals surface area contributed by atoms with E-state index in [4.69, 9.17) is 58.0 Å². The first kappa shape index (κ1) is 14.2. The van der Waals surface area contributed by atoms with Crippen LogP contribution in [0.25, 0.3) is 11.1 Å². The van der Waals surface area contributed by atoms with Crippen LogP contribution in [0.5, 0.6) is 0 Å². The number of hydrogen-bond acceptors (Lipinski definition) is 1. The molecule has 2 aromatic rings. The molecule has 1 heterocycles. The van der Waals surface area contributed by atoms with Crippen molar-refractivity contribution in [2.45, 2.75) is 0 Å². The Morgan fingerprint density at radius 1 is 0.833 bits per heavy atom. The van der Waals surface area contributed by atoms with Gasteiger partial charge >= 0.3 is 0 Å². The number of nitrogens with zero attached hydrogens (tertiary/aromatic N) is 1. The van der Waals surface area contributed by atoms with Gasteiger partial charge in [-0.15, -0.1) is 0 Å². The number of rotatable bonds is 1. The molecule has 0 saturated carbocycles. The van der Waals surface area contributed by atoms with Crippen molar-refractivity contribution in [1.82, 2.24) is 4.98 Å². The molecule has 0 aliphatic carbocycles. The van der Waals surface area contributed by atoms with Crippen LogP contribution in [-0.4, -0.2) is 4.98 Å². The van der Waals surface area contributed by atoms with Gasteiger partial charge in [0.2, 0.25) is 5.95 Å². The molecule has 1 aromatic carbocycles. The molecule has 1 nitrogen and oxygen atoms in total. The number of hydrogen-bond donors (Lipinski definition) is 0. The van der Waals surface area contributed by atoms with E-state index in [0.717, 1.165) is 0 Å². The van der Waals surface area contributed by atoms with E-state index in [0.29, 0.717) is 11.1 Å². The van der Waals surface area contributed by atoms with E-state index >= 15 is 0 Å². The normalized spacial score (nSPS) is 10.8. The summed E-state index contributed by atoms with van der Waals surface area (Å²) in [7, 11) is 0. The quantitative estimate of drug-likeness (QED) is 0.343. The lowest BCUT2D eigenvalue weighted by Crippen LogP contribution is -1.89. The Hall–Kier alpha value is -0.250. The van der Waals surface area contributed by atoms with Gasteiger partial charge in [0.25, 0.3) is 0 Å². The van der Waals surface area contributed by atoms with Crippen molar-refractivity contribution in [2.24, 2.45) is 0 Å². The van der Waals surface area contributed by atoms with Crippen LogP contribution in [0.1, 0.15) is 0 Å². The molecule has 0 atom stereocenters. The van der Waals surface area contributed by atoms with Gasteiger partial charge in [0.05, 0.1) is 25.1 Å². The highest BCUT2D eigenvalue weighted by molar-refractivity contribution is 6.56. The summed E-state index contributed by atoms with van der Waals surface area (Å²) in [6.45, 7) is 0. The largest absolute Gasteiger partial charge is 0.228 e. The summed E-state index contributed by atoms with van der Waals surface area (Å²) in [5.74, 6) is -0.665. The zero-order chi connectivity index (χ0) is 13.4. The van der Waals surface area contributed by atoms with Crippen molar-refractivity contribution in [3.05, 3.63) is 49.4 Å². The van der Waals surface area contributed by atoms with E-state index in [2.05, 4.69) is 4.98 Å². The third kappa shape index (κ3) is 2.40. The van der Waals surface area contributed by atoms with E-state index in [1.165, 1.54) is 18.3 Å². The molecular weight excluding hydrogens is 342 g/mol. The Kier molecular flexibility index (Phi) is 4.25. The lowest BCUT2D eigenvalue weighted by atomic mass is 10.1. The topological polar surface area (TPSA) is 12.9 Å². The third-order valence-corrected chi connectivity index (χ3v) is 4.50. The molecule has 0 unspecified atom stereocenters. The molecule has 7 heteroatoms. The molecule has 0 radical (unpaired) electrons. The Balaban J connectivity index is 2.80. The maximum absolute atomic E-state index is 13.1. The van der Waals surface area contributed by atoms with Gasteiger partial charge in [-0.25, -0.2) is 4.98 Å². The predicted molar refractivity (Wildman–Crippen MR) is 74.7 cm³/mol. The molecule has 94 valence electrons. The first-order valence-electron chi connectivity index (χ1n) is 4.57. The minimum absolute atomic E-state index is 0.0617. The van der Waals surface area contributed by atoms with Crippen LogP contribution in [0.2, 0.25) is 25.1 Å². The summed E-state index contributed by atoms with van der Waals surface area (Å²) in [4.78, 5) is 3.44. The standard InChI is InChI=1S/C11H3Cl5FN/c12-7-6(4-1-2-18-5(17)3-4)8(13)10(15)11(16)9(7)14/h1-3H. The Morgan fingerprint density at radius 2 is 1.33 bits per heavy atom. The van der Waals surface area contributed by atoms with Gasteiger partial charge in [-0.3, -0.25) is 0 Å². The highest BCUT2D eigenvalue weighted by Gasteiger charge is 2.20. The van der Waals surface area contributed by atoms with Crippen molar-refractivity contribution in [1.29, 1.82) is 0 Å². The average Bonchev–Trinajstić information content (AvgIpc) is 2.34. The number of halogens is 6. The van der Waals surface area contributed by atoms with Crippen molar-refractivity contribution in [3.8, 4) is 11.1 Å². The fraction of sp³-hybridized carbons (Fsp3) is 0. The predicted octanol–water partition coefficient (Wildman–Crippen LogP) is 6.15. The van der Waals surface area contributed by atoms with Gasteiger partial charge < -0.3 is 0 Å². The Bertz CT molecular complexity index is 600. The summed E-state index contributed by atoms with van der Waals surface area (Å²) in [5, 5.41) is 0.426.